The van der Waals surface area contributed by atoms with Crippen LogP contribution in [0, 0.1) is 0 Å². The number of hydrogen-bond donors (Lipinski definition) is 0. The second-order valence-corrected chi connectivity index (χ2v) is 4.28. The number of nitrogens with zero attached hydrogens (tertiary/aromatic N) is 1. The van der Waals surface area contributed by atoms with Gasteiger partial charge in [0.05, 0.1) is 4.83 Å². The normalized spacial score (nSPS) is 13.7. The molecule has 0 N–H and O–H groups in total. The van der Waals surface area contributed by atoms with Crippen molar-refractivity contribution in [2.75, 3.05) is 0 Å². The van der Waals surface area contributed by atoms with Crippen molar-refractivity contribution in [3.63, 3.8) is 0 Å². The lowest BCUT2D eigenvalue weighted by Crippen LogP contribution is -2.12. The minimum Gasteiger partial charge on any atom is -0.293 e. The number of ketones is 1. The molecule has 0 fully saturated rings. The molecule has 0 radical (unpaired) electrons. The Morgan fingerprint density at radius 1 is 1.47 bits per heavy atom. The average molecular weight is 282 g/mol. The molecular weight excluding hydrogens is 275 g/mol. The molecule has 0 saturated carbocycles. The number of hydrogen-bond acceptors (Lipinski definition) is 2. The van der Waals surface area contributed by atoms with Gasteiger partial charge in [0.15, 0.2) is 5.78 Å². The number of pyridine rings is 1. The minimum atomic E-state index is -4.47. The summed E-state index contributed by atoms with van der Waals surface area (Å²) in [6.07, 6.45) is -3.54. The fourth-order valence-electron chi connectivity index (χ4n) is 0.937. The molecule has 1 aromatic heterocycles. The zero-order valence-corrected chi connectivity index (χ0v) is 9.26. The monoisotopic (exact) mass is 281 g/mol. The predicted molar refractivity (Wildman–Crippen MR) is 52.0 cm³/mol. The van der Waals surface area contributed by atoms with Crippen LogP contribution in [0.25, 0.3) is 0 Å². The van der Waals surface area contributed by atoms with E-state index in [1.54, 1.807) is 6.92 Å². The maximum atomic E-state index is 12.1. The molecule has 0 aliphatic carbocycles. The summed E-state index contributed by atoms with van der Waals surface area (Å²) in [5.41, 5.74) is -0.839. The first-order valence-electron chi connectivity index (χ1n) is 4.04. The average Bonchev–Trinajstić information content (AvgIpc) is 2.15. The van der Waals surface area contributed by atoms with Crippen LogP contribution in [0.3, 0.4) is 0 Å². The van der Waals surface area contributed by atoms with Gasteiger partial charge in [0.25, 0.3) is 0 Å². The maximum absolute atomic E-state index is 12.1. The van der Waals surface area contributed by atoms with Gasteiger partial charge in [-0.25, -0.2) is 0 Å². The Balaban J connectivity index is 2.96. The fourth-order valence-corrected chi connectivity index (χ4v) is 1.20. The molecule has 0 aliphatic heterocycles. The molecule has 0 aliphatic rings. The van der Waals surface area contributed by atoms with Gasteiger partial charge in [-0.15, -0.1) is 0 Å². The Hall–Kier alpha value is -0.910. The Morgan fingerprint density at radius 3 is 2.40 bits per heavy atom. The van der Waals surface area contributed by atoms with E-state index in [1.807, 2.05) is 0 Å². The van der Waals surface area contributed by atoms with Crippen molar-refractivity contribution in [3.8, 4) is 0 Å². The first kappa shape index (κ1) is 12.2. The Kier molecular flexibility index (Phi) is 3.49. The molecule has 0 amide bonds. The van der Waals surface area contributed by atoms with Crippen LogP contribution in [-0.4, -0.2) is 15.6 Å². The number of aromatic nitrogens is 1. The largest absolute Gasteiger partial charge is 0.433 e. The van der Waals surface area contributed by atoms with Crippen LogP contribution in [0.5, 0.6) is 0 Å². The quantitative estimate of drug-likeness (QED) is 0.616. The van der Waals surface area contributed by atoms with Crippen LogP contribution in [0.15, 0.2) is 18.3 Å². The summed E-state index contributed by atoms with van der Waals surface area (Å²) in [5.74, 6) is -0.295. The van der Waals surface area contributed by atoms with Gasteiger partial charge >= 0.3 is 6.18 Å². The van der Waals surface area contributed by atoms with E-state index in [0.717, 1.165) is 18.3 Å². The van der Waals surface area contributed by atoms with Gasteiger partial charge in [-0.1, -0.05) is 15.9 Å². The van der Waals surface area contributed by atoms with Crippen molar-refractivity contribution in [2.45, 2.75) is 17.9 Å². The van der Waals surface area contributed by atoms with Gasteiger partial charge < -0.3 is 0 Å². The fraction of sp³-hybridized carbons (Fsp3) is 0.333. The van der Waals surface area contributed by atoms with Gasteiger partial charge in [-0.2, -0.15) is 13.2 Å². The molecule has 1 atom stereocenters. The summed E-state index contributed by atoms with van der Waals surface area (Å²) in [7, 11) is 0. The summed E-state index contributed by atoms with van der Waals surface area (Å²) >= 11 is 3.03. The predicted octanol–water partition coefficient (Wildman–Crippen LogP) is 3.07. The van der Waals surface area contributed by atoms with E-state index in [2.05, 4.69) is 20.9 Å². The molecule has 1 aromatic rings. The summed E-state index contributed by atoms with van der Waals surface area (Å²) in [6, 6.07) is 1.92. The first-order chi connectivity index (χ1) is 6.82. The number of rotatable bonds is 2. The highest BCUT2D eigenvalue weighted by Gasteiger charge is 2.32. The lowest BCUT2D eigenvalue weighted by molar-refractivity contribution is -0.141. The molecule has 15 heavy (non-hydrogen) atoms. The molecule has 1 rings (SSSR count). The molecule has 82 valence electrons. The SMILES string of the molecule is CC(Br)C(=O)c1ccc(C(F)(F)F)nc1. The van der Waals surface area contributed by atoms with E-state index in [1.165, 1.54) is 0 Å². The van der Waals surface area contributed by atoms with Gasteiger partial charge in [0.2, 0.25) is 0 Å². The zero-order valence-electron chi connectivity index (χ0n) is 7.68. The van der Waals surface area contributed by atoms with Crippen LogP contribution in [0.2, 0.25) is 0 Å². The Labute approximate surface area is 92.6 Å². The highest BCUT2D eigenvalue weighted by Crippen LogP contribution is 2.27. The third-order valence-corrected chi connectivity index (χ3v) is 2.12. The molecule has 0 saturated heterocycles. The first-order valence-corrected chi connectivity index (χ1v) is 4.95. The number of alkyl halides is 4. The molecule has 6 heteroatoms. The smallest absolute Gasteiger partial charge is 0.293 e. The maximum Gasteiger partial charge on any atom is 0.433 e. The molecule has 0 spiro atoms. The number of carbonyl (C=O) groups excluding carboxylic acids is 1. The summed E-state index contributed by atoms with van der Waals surface area (Å²) in [5, 5.41) is 0. The third kappa shape index (κ3) is 3.02. The topological polar surface area (TPSA) is 30.0 Å². The second kappa shape index (κ2) is 4.30. The van der Waals surface area contributed by atoms with Crippen LogP contribution < -0.4 is 0 Å². The van der Waals surface area contributed by atoms with Crippen LogP contribution >= 0.6 is 15.9 Å². The van der Waals surface area contributed by atoms with Crippen molar-refractivity contribution in [2.24, 2.45) is 0 Å². The van der Waals surface area contributed by atoms with E-state index < -0.39 is 16.7 Å². The molecule has 1 unspecified atom stereocenters. The molecule has 0 aromatic carbocycles. The van der Waals surface area contributed by atoms with Crippen molar-refractivity contribution in [1.82, 2.24) is 4.98 Å². The van der Waals surface area contributed by atoms with E-state index in [0.29, 0.717) is 0 Å². The summed E-state index contributed by atoms with van der Waals surface area (Å²) < 4.78 is 36.4. The number of halogens is 4. The molecular formula is C9H7BrF3NO. The Morgan fingerprint density at radius 2 is 2.07 bits per heavy atom. The van der Waals surface area contributed by atoms with Gasteiger partial charge in [0, 0.05) is 11.8 Å². The summed E-state index contributed by atoms with van der Waals surface area (Å²) in [6.45, 7) is 1.60. The highest BCUT2D eigenvalue weighted by molar-refractivity contribution is 9.10. The van der Waals surface area contributed by atoms with E-state index in [4.69, 9.17) is 0 Å². The van der Waals surface area contributed by atoms with Crippen molar-refractivity contribution in [3.05, 3.63) is 29.6 Å². The highest BCUT2D eigenvalue weighted by atomic mass is 79.9. The lowest BCUT2D eigenvalue weighted by Gasteiger charge is -2.06. The molecule has 0 bridgehead atoms. The summed E-state index contributed by atoms with van der Waals surface area (Å²) in [4.78, 5) is 14.1. The van der Waals surface area contributed by atoms with Crippen molar-refractivity contribution >= 4 is 21.7 Å². The van der Waals surface area contributed by atoms with E-state index in [9.17, 15) is 18.0 Å². The van der Waals surface area contributed by atoms with Crippen LogP contribution in [0.4, 0.5) is 13.2 Å². The van der Waals surface area contributed by atoms with Crippen LogP contribution in [0.1, 0.15) is 23.0 Å². The van der Waals surface area contributed by atoms with E-state index >= 15 is 0 Å². The lowest BCUT2D eigenvalue weighted by atomic mass is 10.1. The van der Waals surface area contributed by atoms with Gasteiger partial charge in [-0.05, 0) is 19.1 Å². The van der Waals surface area contributed by atoms with Gasteiger partial charge in [-0.3, -0.25) is 9.78 Å². The third-order valence-electron chi connectivity index (χ3n) is 1.70. The zero-order chi connectivity index (χ0) is 11.6. The molecule has 1 heterocycles. The second-order valence-electron chi connectivity index (χ2n) is 2.91. The van der Waals surface area contributed by atoms with Gasteiger partial charge in [0.1, 0.15) is 5.69 Å². The van der Waals surface area contributed by atoms with Crippen LogP contribution in [-0.2, 0) is 6.18 Å². The minimum absolute atomic E-state index is 0.160. The molecule has 2 nitrogen and oxygen atoms in total. The number of Topliss-reactive ketones (excluding diaryl/α,β-unsaturated/α-hetero) is 1. The number of carbonyl (C=O) groups is 1. The Bertz CT molecular complexity index is 359. The standard InChI is InChI=1S/C9H7BrF3NO/c1-5(10)8(15)6-2-3-7(14-4-6)9(11,12)13/h2-5H,1H3. The van der Waals surface area contributed by atoms with Crippen molar-refractivity contribution < 1.29 is 18.0 Å². The van der Waals surface area contributed by atoms with E-state index in [-0.39, 0.29) is 11.3 Å². The van der Waals surface area contributed by atoms with Crippen molar-refractivity contribution in [1.29, 1.82) is 0 Å².